The minimum absolute atomic E-state index is 0.0574. The van der Waals surface area contributed by atoms with E-state index >= 15 is 0 Å². The minimum atomic E-state index is -1.06. The van der Waals surface area contributed by atoms with E-state index in [0.717, 1.165) is 19.3 Å². The molecule has 0 bridgehead atoms. The summed E-state index contributed by atoms with van der Waals surface area (Å²) in [5.41, 5.74) is 6.41. The van der Waals surface area contributed by atoms with Gasteiger partial charge in [0.15, 0.2) is 0 Å². The molecule has 1 aromatic carbocycles. The van der Waals surface area contributed by atoms with Crippen molar-refractivity contribution in [2.75, 3.05) is 0 Å². The van der Waals surface area contributed by atoms with E-state index in [9.17, 15) is 9.90 Å². The third-order valence-electron chi connectivity index (χ3n) is 3.05. The summed E-state index contributed by atoms with van der Waals surface area (Å²) in [4.78, 5) is 11.1. The molecule has 0 radical (unpaired) electrons. The lowest BCUT2D eigenvalue weighted by molar-refractivity contribution is 0.0694. The molecule has 0 aromatic heterocycles. The molecule has 1 atom stereocenters. The number of nitrogens with two attached hydrogens (primary N) is 1. The van der Waals surface area contributed by atoms with Crippen LogP contribution in [0.3, 0.4) is 0 Å². The van der Waals surface area contributed by atoms with Crippen LogP contribution in [-0.2, 0) is 0 Å². The van der Waals surface area contributed by atoms with Gasteiger partial charge in [-0.15, -0.1) is 0 Å². The molecule has 0 saturated heterocycles. The molecule has 1 fully saturated rings. The second-order valence-electron chi connectivity index (χ2n) is 4.45. The highest BCUT2D eigenvalue weighted by atomic mass is 79.9. The Morgan fingerprint density at radius 3 is 2.71 bits per heavy atom. The van der Waals surface area contributed by atoms with Gasteiger partial charge in [-0.05, 0) is 40.4 Å². The Balaban J connectivity index is 2.39. The van der Waals surface area contributed by atoms with Crippen LogP contribution < -0.4 is 5.73 Å². The van der Waals surface area contributed by atoms with Gasteiger partial charge < -0.3 is 15.9 Å². The van der Waals surface area contributed by atoms with Crippen molar-refractivity contribution in [3.8, 4) is 5.75 Å². The van der Waals surface area contributed by atoms with Gasteiger partial charge in [-0.1, -0.05) is 12.8 Å². The van der Waals surface area contributed by atoms with Gasteiger partial charge in [-0.25, -0.2) is 4.79 Å². The maximum absolute atomic E-state index is 11.1. The number of carboxylic acid groups (broad SMARTS) is 1. The number of phenolic OH excluding ortho intramolecular Hbond substituents is 1. The zero-order chi connectivity index (χ0) is 12.6. The number of carbonyl (C=O) groups is 1. The van der Waals surface area contributed by atoms with Gasteiger partial charge in [-0.3, -0.25) is 0 Å². The Labute approximate surface area is 108 Å². The Kier molecular flexibility index (Phi) is 3.40. The standard InChI is InChI=1S/C12H14BrNO3/c13-8-4-3-7(12(16)17)10(11(8)15)9(14)5-6-1-2-6/h3-4,6,9,15H,1-2,5,14H2,(H,16,17)/t9-/m0/s1. The number of carboxylic acids is 1. The molecule has 0 heterocycles. The quantitative estimate of drug-likeness (QED) is 0.798. The zero-order valence-electron chi connectivity index (χ0n) is 9.19. The topological polar surface area (TPSA) is 83.6 Å². The lowest BCUT2D eigenvalue weighted by atomic mass is 9.96. The van der Waals surface area contributed by atoms with Crippen molar-refractivity contribution in [3.63, 3.8) is 0 Å². The van der Waals surface area contributed by atoms with Crippen molar-refractivity contribution < 1.29 is 15.0 Å². The minimum Gasteiger partial charge on any atom is -0.506 e. The van der Waals surface area contributed by atoms with Gasteiger partial charge >= 0.3 is 5.97 Å². The first-order chi connectivity index (χ1) is 8.00. The predicted octanol–water partition coefficient (Wildman–Crippen LogP) is 2.65. The number of halogens is 1. The van der Waals surface area contributed by atoms with Crippen molar-refractivity contribution in [2.24, 2.45) is 11.7 Å². The van der Waals surface area contributed by atoms with E-state index in [-0.39, 0.29) is 11.3 Å². The number of benzene rings is 1. The summed E-state index contributed by atoms with van der Waals surface area (Å²) >= 11 is 3.18. The van der Waals surface area contributed by atoms with E-state index in [4.69, 9.17) is 10.8 Å². The van der Waals surface area contributed by atoms with E-state index in [0.29, 0.717) is 16.0 Å². The summed E-state index contributed by atoms with van der Waals surface area (Å²) in [5.74, 6) is -0.544. The van der Waals surface area contributed by atoms with E-state index in [1.807, 2.05) is 0 Å². The van der Waals surface area contributed by atoms with E-state index in [1.165, 1.54) is 12.1 Å². The van der Waals surface area contributed by atoms with Crippen LogP contribution in [0.25, 0.3) is 0 Å². The first-order valence-electron chi connectivity index (χ1n) is 5.51. The average molecular weight is 300 g/mol. The summed E-state index contributed by atoms with van der Waals surface area (Å²) in [6, 6.07) is 2.56. The highest BCUT2D eigenvalue weighted by molar-refractivity contribution is 9.10. The molecule has 1 aromatic rings. The molecule has 4 nitrogen and oxygen atoms in total. The Morgan fingerprint density at radius 1 is 1.53 bits per heavy atom. The Bertz CT molecular complexity index is 457. The van der Waals surface area contributed by atoms with Crippen LogP contribution in [0.15, 0.2) is 16.6 Å². The maximum Gasteiger partial charge on any atom is 0.336 e. The summed E-state index contributed by atoms with van der Waals surface area (Å²) in [6.45, 7) is 0. The molecule has 92 valence electrons. The second kappa shape index (κ2) is 4.66. The van der Waals surface area contributed by atoms with Crippen LogP contribution in [0.1, 0.15) is 41.2 Å². The molecule has 17 heavy (non-hydrogen) atoms. The molecule has 1 aliphatic rings. The Morgan fingerprint density at radius 2 is 2.18 bits per heavy atom. The fraction of sp³-hybridized carbons (Fsp3) is 0.417. The van der Waals surface area contributed by atoms with Crippen molar-refractivity contribution in [1.82, 2.24) is 0 Å². The fourth-order valence-corrected chi connectivity index (χ4v) is 2.32. The molecule has 0 aliphatic heterocycles. The predicted molar refractivity (Wildman–Crippen MR) is 67.0 cm³/mol. The van der Waals surface area contributed by atoms with Crippen LogP contribution in [0, 0.1) is 5.92 Å². The number of hydrogen-bond donors (Lipinski definition) is 3. The largest absolute Gasteiger partial charge is 0.506 e. The van der Waals surface area contributed by atoms with Gasteiger partial charge in [-0.2, -0.15) is 0 Å². The summed E-state index contributed by atoms with van der Waals surface area (Å²) in [7, 11) is 0. The summed E-state index contributed by atoms with van der Waals surface area (Å²) in [6.07, 6.45) is 3.01. The lowest BCUT2D eigenvalue weighted by Crippen LogP contribution is -2.16. The number of rotatable bonds is 4. The number of phenols is 1. The molecule has 1 saturated carbocycles. The van der Waals surface area contributed by atoms with E-state index < -0.39 is 12.0 Å². The van der Waals surface area contributed by atoms with Gasteiger partial charge in [0.2, 0.25) is 0 Å². The van der Waals surface area contributed by atoms with Crippen LogP contribution in [0.4, 0.5) is 0 Å². The lowest BCUT2D eigenvalue weighted by Gasteiger charge is -2.16. The molecule has 0 spiro atoms. The molecule has 5 heteroatoms. The highest BCUT2D eigenvalue weighted by Gasteiger charge is 2.28. The smallest absolute Gasteiger partial charge is 0.336 e. The van der Waals surface area contributed by atoms with Gasteiger partial charge in [0, 0.05) is 11.6 Å². The number of aromatic carboxylic acids is 1. The highest BCUT2D eigenvalue weighted by Crippen LogP contribution is 2.41. The summed E-state index contributed by atoms with van der Waals surface area (Å²) < 4.78 is 0.476. The van der Waals surface area contributed by atoms with Gasteiger partial charge in [0.25, 0.3) is 0 Å². The second-order valence-corrected chi connectivity index (χ2v) is 5.30. The number of hydrogen-bond acceptors (Lipinski definition) is 3. The molecular weight excluding hydrogens is 286 g/mol. The van der Waals surface area contributed by atoms with E-state index in [2.05, 4.69) is 15.9 Å². The van der Waals surface area contributed by atoms with Crippen molar-refractivity contribution in [3.05, 3.63) is 27.7 Å². The molecule has 1 aliphatic carbocycles. The van der Waals surface area contributed by atoms with Gasteiger partial charge in [0.1, 0.15) is 5.75 Å². The SMILES string of the molecule is N[C@@H](CC1CC1)c1c(C(=O)O)ccc(Br)c1O. The van der Waals surface area contributed by atoms with Crippen molar-refractivity contribution >= 4 is 21.9 Å². The molecule has 0 amide bonds. The van der Waals surface area contributed by atoms with Crippen molar-refractivity contribution in [1.29, 1.82) is 0 Å². The monoisotopic (exact) mass is 299 g/mol. The first kappa shape index (κ1) is 12.4. The van der Waals surface area contributed by atoms with Crippen molar-refractivity contribution in [2.45, 2.75) is 25.3 Å². The molecule has 0 unspecified atom stereocenters. The normalized spacial score (nSPS) is 16.8. The summed E-state index contributed by atoms with van der Waals surface area (Å²) in [5, 5.41) is 19.0. The first-order valence-corrected chi connectivity index (χ1v) is 6.30. The fourth-order valence-electron chi connectivity index (χ4n) is 1.97. The van der Waals surface area contributed by atoms with Gasteiger partial charge in [0.05, 0.1) is 10.0 Å². The molecule has 4 N–H and O–H groups in total. The zero-order valence-corrected chi connectivity index (χ0v) is 10.8. The van der Waals surface area contributed by atoms with E-state index in [1.54, 1.807) is 0 Å². The molecular formula is C12H14BrNO3. The Hall–Kier alpha value is -1.07. The molecule has 2 rings (SSSR count). The maximum atomic E-state index is 11.1. The van der Waals surface area contributed by atoms with Crippen LogP contribution >= 0.6 is 15.9 Å². The van der Waals surface area contributed by atoms with Crippen LogP contribution in [0.2, 0.25) is 0 Å². The third-order valence-corrected chi connectivity index (χ3v) is 3.69. The van der Waals surface area contributed by atoms with Crippen LogP contribution in [0.5, 0.6) is 5.75 Å². The number of aromatic hydroxyl groups is 1. The average Bonchev–Trinajstić information content (AvgIpc) is 3.05. The third kappa shape index (κ3) is 2.61. The van der Waals surface area contributed by atoms with Crippen LogP contribution in [-0.4, -0.2) is 16.2 Å².